The van der Waals surface area contributed by atoms with E-state index in [1.807, 2.05) is 18.3 Å². The number of fused-ring (bicyclic) bond motifs is 5. The molecule has 4 unspecified atom stereocenters. The SMILES string of the molecule is CC(CCC(=O)O)[C@H]1CCC2C3C(CC[C@@]21C)[C@@]1(C)CC[C@H](NCCCCNCc2ccccn2)C[C@H]1C[C@H]3O. The largest absolute Gasteiger partial charge is 0.481 e. The third kappa shape index (κ3) is 6.15. The second-order valence-corrected chi connectivity index (χ2v) is 14.6. The highest BCUT2D eigenvalue weighted by atomic mass is 16.4. The highest BCUT2D eigenvalue weighted by molar-refractivity contribution is 5.66. The van der Waals surface area contributed by atoms with Crippen molar-refractivity contribution in [3.8, 4) is 0 Å². The topological polar surface area (TPSA) is 94.5 Å². The van der Waals surface area contributed by atoms with Crippen molar-refractivity contribution in [3.05, 3.63) is 30.1 Å². The highest BCUT2D eigenvalue weighted by Crippen LogP contribution is 2.68. The van der Waals surface area contributed by atoms with Crippen LogP contribution in [-0.2, 0) is 11.3 Å². The van der Waals surface area contributed by atoms with E-state index in [-0.39, 0.29) is 17.9 Å². The van der Waals surface area contributed by atoms with Crippen molar-refractivity contribution in [2.24, 2.45) is 46.3 Å². The van der Waals surface area contributed by atoms with Gasteiger partial charge in [0.25, 0.3) is 0 Å². The predicted molar refractivity (Wildman–Crippen MR) is 160 cm³/mol. The van der Waals surface area contributed by atoms with E-state index in [1.54, 1.807) is 0 Å². The maximum atomic E-state index is 11.7. The number of nitrogens with zero attached hydrogens (tertiary/aromatic N) is 1. The third-order valence-corrected chi connectivity index (χ3v) is 12.5. The molecule has 4 N–H and O–H groups in total. The number of carboxylic acids is 1. The summed E-state index contributed by atoms with van der Waals surface area (Å²) in [5, 5.41) is 28.3. The van der Waals surface area contributed by atoms with Gasteiger partial charge in [0, 0.05) is 25.2 Å². The lowest BCUT2D eigenvalue weighted by Gasteiger charge is -2.62. The van der Waals surface area contributed by atoms with Crippen LogP contribution in [0.4, 0.5) is 0 Å². The average Bonchev–Trinajstić information content (AvgIpc) is 3.29. The lowest BCUT2D eigenvalue weighted by Crippen LogP contribution is -2.59. The molecule has 5 rings (SSSR count). The first-order chi connectivity index (χ1) is 19.2. The minimum absolute atomic E-state index is 0.176. The summed E-state index contributed by atoms with van der Waals surface area (Å²) in [6.45, 7) is 10.3. The molecule has 0 bridgehead atoms. The van der Waals surface area contributed by atoms with Crippen LogP contribution in [0.3, 0.4) is 0 Å². The van der Waals surface area contributed by atoms with Gasteiger partial charge in [-0.2, -0.15) is 0 Å². The number of aliphatic hydroxyl groups excluding tert-OH is 1. The van der Waals surface area contributed by atoms with Crippen LogP contribution in [0.1, 0.15) is 104 Å². The molecule has 10 atom stereocenters. The molecule has 6 heteroatoms. The summed E-state index contributed by atoms with van der Waals surface area (Å²) < 4.78 is 0. The zero-order chi connectivity index (χ0) is 28.3. The van der Waals surface area contributed by atoms with E-state index < -0.39 is 5.97 Å². The molecule has 0 amide bonds. The Morgan fingerprint density at radius 2 is 1.82 bits per heavy atom. The smallest absolute Gasteiger partial charge is 0.303 e. The van der Waals surface area contributed by atoms with Crippen molar-refractivity contribution in [3.63, 3.8) is 0 Å². The molecule has 0 radical (unpaired) electrons. The van der Waals surface area contributed by atoms with E-state index in [9.17, 15) is 15.0 Å². The number of aliphatic hydroxyl groups is 1. The van der Waals surface area contributed by atoms with Crippen molar-refractivity contribution >= 4 is 5.97 Å². The lowest BCUT2D eigenvalue weighted by atomic mass is 9.43. The molecule has 1 aromatic rings. The fourth-order valence-electron chi connectivity index (χ4n) is 10.3. The Labute approximate surface area is 242 Å². The van der Waals surface area contributed by atoms with Crippen LogP contribution in [0, 0.1) is 46.3 Å². The van der Waals surface area contributed by atoms with Gasteiger partial charge in [-0.25, -0.2) is 0 Å². The lowest BCUT2D eigenvalue weighted by molar-refractivity contribution is -0.167. The summed E-state index contributed by atoms with van der Waals surface area (Å²) in [6.07, 6.45) is 14.8. The van der Waals surface area contributed by atoms with Gasteiger partial charge >= 0.3 is 5.97 Å². The number of hydrogen-bond donors (Lipinski definition) is 4. The van der Waals surface area contributed by atoms with E-state index in [0.29, 0.717) is 47.0 Å². The second-order valence-electron chi connectivity index (χ2n) is 14.6. The predicted octanol–water partition coefficient (Wildman–Crippen LogP) is 6.04. The normalized spacial score (nSPS) is 39.6. The summed E-state index contributed by atoms with van der Waals surface area (Å²) in [5.41, 5.74) is 1.71. The maximum Gasteiger partial charge on any atom is 0.303 e. The monoisotopic (exact) mass is 553 g/mol. The number of carboxylic acid groups (broad SMARTS) is 1. The van der Waals surface area contributed by atoms with Crippen molar-refractivity contribution in [1.29, 1.82) is 0 Å². The Morgan fingerprint density at radius 3 is 2.60 bits per heavy atom. The molecule has 0 spiro atoms. The first-order valence-electron chi connectivity index (χ1n) is 16.5. The minimum Gasteiger partial charge on any atom is -0.481 e. The van der Waals surface area contributed by atoms with Gasteiger partial charge in [-0.15, -0.1) is 0 Å². The molecule has 40 heavy (non-hydrogen) atoms. The van der Waals surface area contributed by atoms with Crippen molar-refractivity contribution in [2.75, 3.05) is 13.1 Å². The fourth-order valence-corrected chi connectivity index (χ4v) is 10.3. The number of nitrogens with one attached hydrogen (secondary N) is 2. The molecule has 4 saturated carbocycles. The van der Waals surface area contributed by atoms with E-state index >= 15 is 0 Å². The molecule has 4 fully saturated rings. The van der Waals surface area contributed by atoms with Crippen molar-refractivity contribution < 1.29 is 15.0 Å². The summed E-state index contributed by atoms with van der Waals surface area (Å²) in [4.78, 5) is 15.6. The van der Waals surface area contributed by atoms with Crippen LogP contribution >= 0.6 is 0 Å². The van der Waals surface area contributed by atoms with Crippen LogP contribution in [0.5, 0.6) is 0 Å². The molecule has 0 saturated heterocycles. The molecule has 1 aromatic heterocycles. The molecular formula is C34H55N3O3. The van der Waals surface area contributed by atoms with Gasteiger partial charge in [0.15, 0.2) is 0 Å². The number of unbranched alkanes of at least 4 members (excludes halogenated alkanes) is 1. The third-order valence-electron chi connectivity index (χ3n) is 12.5. The van der Waals surface area contributed by atoms with Gasteiger partial charge in [-0.05, 0) is 142 Å². The Bertz CT molecular complexity index is 974. The molecule has 4 aliphatic rings. The van der Waals surface area contributed by atoms with Gasteiger partial charge in [-0.1, -0.05) is 26.8 Å². The number of carbonyl (C=O) groups is 1. The summed E-state index contributed by atoms with van der Waals surface area (Å²) in [6, 6.07) is 6.65. The van der Waals surface area contributed by atoms with Gasteiger partial charge in [-0.3, -0.25) is 9.78 Å². The van der Waals surface area contributed by atoms with Crippen LogP contribution < -0.4 is 10.6 Å². The molecule has 1 heterocycles. The molecular weight excluding hydrogens is 498 g/mol. The molecule has 4 aliphatic carbocycles. The highest BCUT2D eigenvalue weighted by Gasteiger charge is 2.62. The van der Waals surface area contributed by atoms with E-state index in [0.717, 1.165) is 38.2 Å². The minimum atomic E-state index is -0.671. The first kappa shape index (κ1) is 30.0. The molecule has 0 aromatic carbocycles. The van der Waals surface area contributed by atoms with Crippen molar-refractivity contribution in [1.82, 2.24) is 15.6 Å². The van der Waals surface area contributed by atoms with Crippen LogP contribution in [0.15, 0.2) is 24.4 Å². The Morgan fingerprint density at radius 1 is 1.05 bits per heavy atom. The van der Waals surface area contributed by atoms with Crippen LogP contribution in [-0.4, -0.2) is 46.4 Å². The Hall–Kier alpha value is -1.50. The zero-order valence-electron chi connectivity index (χ0n) is 25.3. The van der Waals surface area contributed by atoms with E-state index in [4.69, 9.17) is 0 Å². The zero-order valence-corrected chi connectivity index (χ0v) is 25.3. The van der Waals surface area contributed by atoms with Gasteiger partial charge in [0.1, 0.15) is 0 Å². The number of pyridine rings is 1. The van der Waals surface area contributed by atoms with E-state index in [2.05, 4.69) is 42.5 Å². The number of aliphatic carboxylic acids is 1. The van der Waals surface area contributed by atoms with Gasteiger partial charge in [0.05, 0.1) is 11.8 Å². The summed E-state index contributed by atoms with van der Waals surface area (Å²) in [7, 11) is 0. The quantitative estimate of drug-likeness (QED) is 0.236. The number of aromatic nitrogens is 1. The number of hydrogen-bond acceptors (Lipinski definition) is 5. The number of rotatable bonds is 12. The first-order valence-corrected chi connectivity index (χ1v) is 16.5. The Balaban J connectivity index is 1.10. The molecule has 6 nitrogen and oxygen atoms in total. The maximum absolute atomic E-state index is 11.7. The van der Waals surface area contributed by atoms with Crippen LogP contribution in [0.25, 0.3) is 0 Å². The summed E-state index contributed by atoms with van der Waals surface area (Å²) in [5.74, 6) is 2.66. The molecule has 0 aliphatic heterocycles. The standard InChI is InChI=1S/C34H55N3O3/c1-23(9-12-31(39)40)27-10-11-28-32-29(14-16-34(27,28)3)33(2)15-13-25(20-24(33)21-30(32)38)36-19-7-6-17-35-22-26-8-4-5-18-37-26/h4-5,8,18,23-25,27-30,32,35-36,38H,6-7,9-17,19-22H2,1-3H3,(H,39,40)/t23?,24-,25-,27+,28?,29?,30+,32?,33-,34+/m0/s1. The molecule has 224 valence electrons. The van der Waals surface area contributed by atoms with Crippen LogP contribution in [0.2, 0.25) is 0 Å². The second kappa shape index (κ2) is 12.8. The Kier molecular flexibility index (Phi) is 9.58. The van der Waals surface area contributed by atoms with Gasteiger partial charge in [0.2, 0.25) is 0 Å². The van der Waals surface area contributed by atoms with Crippen molar-refractivity contribution in [2.45, 2.75) is 117 Å². The average molecular weight is 554 g/mol. The van der Waals surface area contributed by atoms with E-state index in [1.165, 1.54) is 57.8 Å². The summed E-state index contributed by atoms with van der Waals surface area (Å²) >= 11 is 0. The fraction of sp³-hybridized carbons (Fsp3) is 0.824. The van der Waals surface area contributed by atoms with Gasteiger partial charge < -0.3 is 20.8 Å².